The molecule has 0 aromatic carbocycles. The van der Waals surface area contributed by atoms with Gasteiger partial charge in [0.1, 0.15) is 0 Å². The van der Waals surface area contributed by atoms with Crippen LogP contribution < -0.4 is 0 Å². The summed E-state index contributed by atoms with van der Waals surface area (Å²) in [5.74, 6) is 0.767. The Hall–Kier alpha value is 0.597. The van der Waals surface area contributed by atoms with E-state index in [4.69, 9.17) is 13.3 Å². The van der Waals surface area contributed by atoms with Gasteiger partial charge in [-0.1, -0.05) is 0 Å². The second kappa shape index (κ2) is 10.3. The van der Waals surface area contributed by atoms with E-state index in [-0.39, 0.29) is 5.12 Å². The van der Waals surface area contributed by atoms with Gasteiger partial charge in [0.15, 0.2) is 0 Å². The summed E-state index contributed by atoms with van der Waals surface area (Å²) in [5, 5.41) is 0.150. The molecule has 0 radical (unpaired) electrons. The van der Waals surface area contributed by atoms with Crippen molar-refractivity contribution in [1.82, 2.24) is 0 Å². The standard InChI is InChI=1S/C13H28BrO4SSi/c1-6-16-20(17-7-2,18-8-3)11-9-10-19-12(15)13(4,5)14/h20H,6-11H2,1-5H3/q-1. The first-order chi connectivity index (χ1) is 9.31. The Balaban J connectivity index is 4.29. The van der Waals surface area contributed by atoms with Crippen LogP contribution in [0.1, 0.15) is 41.0 Å². The van der Waals surface area contributed by atoms with Crippen LogP contribution in [0, 0.1) is 0 Å². The summed E-state index contributed by atoms with van der Waals surface area (Å²) in [6.07, 6.45) is 0.865. The third-order valence-corrected chi connectivity index (χ3v) is 8.21. The van der Waals surface area contributed by atoms with Crippen LogP contribution in [0.2, 0.25) is 6.04 Å². The zero-order valence-corrected chi connectivity index (χ0v) is 16.8. The molecule has 0 aliphatic heterocycles. The first-order valence-corrected chi connectivity index (χ1v) is 11.2. The number of thioether (sulfide) groups is 1. The summed E-state index contributed by atoms with van der Waals surface area (Å²) in [7, 11) is -2.87. The van der Waals surface area contributed by atoms with Crippen molar-refractivity contribution in [2.45, 2.75) is 51.4 Å². The Morgan fingerprint density at radius 1 is 1.10 bits per heavy atom. The fourth-order valence-corrected chi connectivity index (χ4v) is 6.32. The Bertz CT molecular complexity index is 267. The van der Waals surface area contributed by atoms with E-state index in [1.807, 2.05) is 34.6 Å². The van der Waals surface area contributed by atoms with Crippen LogP contribution in [0.25, 0.3) is 0 Å². The molecule has 0 fully saturated rings. The van der Waals surface area contributed by atoms with E-state index in [0.29, 0.717) is 19.8 Å². The van der Waals surface area contributed by atoms with Gasteiger partial charge in [-0.3, -0.25) is 0 Å². The zero-order chi connectivity index (χ0) is 15.6. The quantitative estimate of drug-likeness (QED) is 0.308. The van der Waals surface area contributed by atoms with Crippen LogP contribution in [0.4, 0.5) is 0 Å². The van der Waals surface area contributed by atoms with Crippen molar-refractivity contribution in [3.8, 4) is 0 Å². The maximum atomic E-state index is 11.8. The van der Waals surface area contributed by atoms with Crippen molar-refractivity contribution in [3.05, 3.63) is 0 Å². The second-order valence-electron chi connectivity index (χ2n) is 4.91. The predicted octanol–water partition coefficient (Wildman–Crippen LogP) is 3.59. The zero-order valence-electron chi connectivity index (χ0n) is 13.2. The molecule has 0 N–H and O–H groups in total. The normalized spacial score (nSPS) is 13.5. The molecule has 0 rings (SSSR count). The molecule has 0 aliphatic rings. The number of carbonyl (C=O) groups is 1. The number of rotatable bonds is 11. The van der Waals surface area contributed by atoms with Gasteiger partial charge in [0.25, 0.3) is 0 Å². The molecule has 0 spiro atoms. The van der Waals surface area contributed by atoms with E-state index in [9.17, 15) is 4.79 Å². The van der Waals surface area contributed by atoms with Gasteiger partial charge in [-0.05, 0) is 0 Å². The van der Waals surface area contributed by atoms with Gasteiger partial charge in [0.05, 0.1) is 0 Å². The van der Waals surface area contributed by atoms with Crippen LogP contribution >= 0.6 is 27.7 Å². The Labute approximate surface area is 136 Å². The maximum absolute atomic E-state index is 11.8. The number of alkyl halides is 1. The summed E-state index contributed by atoms with van der Waals surface area (Å²) in [4.78, 5) is 11.8. The summed E-state index contributed by atoms with van der Waals surface area (Å²) < 4.78 is 16.9. The molecule has 0 amide bonds. The van der Waals surface area contributed by atoms with Gasteiger partial charge in [0, 0.05) is 0 Å². The van der Waals surface area contributed by atoms with Gasteiger partial charge in [-0.2, -0.15) is 0 Å². The predicted molar refractivity (Wildman–Crippen MR) is 91.9 cm³/mol. The number of halogens is 1. The number of hydrogen-bond donors (Lipinski definition) is 0. The van der Waals surface area contributed by atoms with Crippen LogP contribution in [0.3, 0.4) is 0 Å². The monoisotopic (exact) mass is 387 g/mol. The molecule has 7 heteroatoms. The van der Waals surface area contributed by atoms with Crippen LogP contribution in [0.5, 0.6) is 0 Å². The topological polar surface area (TPSA) is 44.8 Å². The van der Waals surface area contributed by atoms with Crippen molar-refractivity contribution in [2.75, 3.05) is 25.6 Å². The van der Waals surface area contributed by atoms with Gasteiger partial charge in [0.2, 0.25) is 0 Å². The number of hydrogen-bond acceptors (Lipinski definition) is 5. The summed E-state index contributed by atoms with van der Waals surface area (Å²) in [5.41, 5.74) is 0. The van der Waals surface area contributed by atoms with E-state index < -0.39 is 13.1 Å². The Morgan fingerprint density at radius 2 is 1.55 bits per heavy atom. The minimum atomic E-state index is -2.87. The summed E-state index contributed by atoms with van der Waals surface area (Å²) >= 11 is 4.73. The third kappa shape index (κ3) is 8.14. The van der Waals surface area contributed by atoms with Gasteiger partial charge in [-0.25, -0.2) is 0 Å². The van der Waals surface area contributed by atoms with Crippen LogP contribution in [-0.4, -0.2) is 43.8 Å². The van der Waals surface area contributed by atoms with E-state index in [0.717, 1.165) is 18.2 Å². The Kier molecular flexibility index (Phi) is 10.7. The molecule has 0 saturated carbocycles. The average Bonchev–Trinajstić information content (AvgIpc) is 2.34. The molecule has 0 aromatic heterocycles. The molecule has 4 nitrogen and oxygen atoms in total. The first kappa shape index (κ1) is 20.6. The van der Waals surface area contributed by atoms with Gasteiger partial charge >= 0.3 is 137 Å². The van der Waals surface area contributed by atoms with E-state index in [1.165, 1.54) is 11.8 Å². The molecular formula is C13H28BrO4SSi-. The molecule has 0 unspecified atom stereocenters. The molecule has 0 aliphatic carbocycles. The molecule has 0 heterocycles. The molecule has 0 aromatic rings. The van der Waals surface area contributed by atoms with Crippen molar-refractivity contribution in [2.24, 2.45) is 0 Å². The van der Waals surface area contributed by atoms with E-state index >= 15 is 0 Å². The fraction of sp³-hybridized carbons (Fsp3) is 0.923. The van der Waals surface area contributed by atoms with Crippen LogP contribution in [-0.2, 0) is 18.1 Å². The summed E-state index contributed by atoms with van der Waals surface area (Å²) in [6.45, 7) is 11.4. The van der Waals surface area contributed by atoms with Crippen molar-refractivity contribution < 1.29 is 18.1 Å². The first-order valence-electron chi connectivity index (χ1n) is 7.24. The number of carbonyl (C=O) groups excluding carboxylic acids is 1. The second-order valence-corrected chi connectivity index (χ2v) is 11.1. The fourth-order valence-electron chi connectivity index (χ4n) is 1.83. The molecule has 122 valence electrons. The van der Waals surface area contributed by atoms with Crippen molar-refractivity contribution in [1.29, 1.82) is 0 Å². The van der Waals surface area contributed by atoms with Gasteiger partial charge < -0.3 is 0 Å². The van der Waals surface area contributed by atoms with Crippen molar-refractivity contribution >= 4 is 41.6 Å². The SMILES string of the molecule is CCO[SiH-](CCCSC(=O)C(C)(C)Br)(OCC)OCC. The van der Waals surface area contributed by atoms with Crippen LogP contribution in [0.15, 0.2) is 0 Å². The van der Waals surface area contributed by atoms with Crippen molar-refractivity contribution in [3.63, 3.8) is 0 Å². The minimum absolute atomic E-state index is 0.150. The third-order valence-electron chi connectivity index (χ3n) is 2.68. The summed E-state index contributed by atoms with van der Waals surface area (Å²) in [6, 6.07) is 0.783. The molecular weight excluding hydrogens is 360 g/mol. The van der Waals surface area contributed by atoms with E-state index in [1.54, 1.807) is 0 Å². The average molecular weight is 388 g/mol. The Morgan fingerprint density at radius 3 is 1.90 bits per heavy atom. The molecule has 0 atom stereocenters. The molecule has 20 heavy (non-hydrogen) atoms. The van der Waals surface area contributed by atoms with E-state index in [2.05, 4.69) is 15.9 Å². The molecule has 0 bridgehead atoms. The molecule has 0 saturated heterocycles. The van der Waals surface area contributed by atoms with Gasteiger partial charge in [-0.15, -0.1) is 0 Å².